The summed E-state index contributed by atoms with van der Waals surface area (Å²) in [5, 5.41) is 1.11. The largest absolute Gasteiger partial charge is 0.366 e. The Morgan fingerprint density at radius 3 is 2.24 bits per heavy atom. The first-order valence-electron chi connectivity index (χ1n) is 7.99. The molecule has 132 valence electrons. The van der Waals surface area contributed by atoms with E-state index in [1.165, 1.54) is 14.2 Å². The molecule has 0 heterocycles. The van der Waals surface area contributed by atoms with E-state index in [0.29, 0.717) is 18.4 Å². The SMILES string of the molecule is CON(C)C(=O)C(CCc1ccccc1)NOC(=O)c1ccccc1. The minimum atomic E-state index is -0.710. The molecule has 1 atom stereocenters. The number of rotatable bonds is 8. The molecule has 0 aliphatic rings. The third kappa shape index (κ3) is 5.70. The predicted octanol–water partition coefficient (Wildman–Crippen LogP) is 2.37. The van der Waals surface area contributed by atoms with Gasteiger partial charge in [0.2, 0.25) is 0 Å². The molecule has 0 spiro atoms. The quantitative estimate of drug-likeness (QED) is 0.746. The van der Waals surface area contributed by atoms with Crippen molar-refractivity contribution >= 4 is 11.9 Å². The van der Waals surface area contributed by atoms with E-state index >= 15 is 0 Å². The Hall–Kier alpha value is -2.70. The van der Waals surface area contributed by atoms with Crippen molar-refractivity contribution in [1.82, 2.24) is 10.5 Å². The summed E-state index contributed by atoms with van der Waals surface area (Å²) < 4.78 is 0. The topological polar surface area (TPSA) is 67.9 Å². The molecule has 0 saturated heterocycles. The minimum Gasteiger partial charge on any atom is -0.366 e. The van der Waals surface area contributed by atoms with Crippen molar-refractivity contribution in [2.45, 2.75) is 18.9 Å². The van der Waals surface area contributed by atoms with Crippen LogP contribution in [0.3, 0.4) is 0 Å². The van der Waals surface area contributed by atoms with Gasteiger partial charge in [0.05, 0.1) is 12.7 Å². The number of likely N-dealkylation sites (N-methyl/N-ethyl adjacent to an activating group) is 1. The molecular formula is C19H22N2O4. The summed E-state index contributed by atoms with van der Waals surface area (Å²) in [5.74, 6) is -0.863. The van der Waals surface area contributed by atoms with Gasteiger partial charge in [-0.25, -0.2) is 9.86 Å². The fourth-order valence-corrected chi connectivity index (χ4v) is 2.26. The van der Waals surface area contributed by atoms with E-state index < -0.39 is 12.0 Å². The third-order valence-electron chi connectivity index (χ3n) is 3.75. The Bertz CT molecular complexity index is 676. The van der Waals surface area contributed by atoms with Gasteiger partial charge in [-0.1, -0.05) is 48.5 Å². The Morgan fingerprint density at radius 1 is 1.04 bits per heavy atom. The zero-order valence-electron chi connectivity index (χ0n) is 14.3. The molecule has 0 fully saturated rings. The molecule has 1 amide bonds. The second kappa shape index (κ2) is 9.56. The fraction of sp³-hybridized carbons (Fsp3) is 0.263. The number of carbonyl (C=O) groups is 2. The summed E-state index contributed by atoms with van der Waals surface area (Å²) in [6.45, 7) is 0. The molecule has 0 bridgehead atoms. The number of nitrogens with zero attached hydrogens (tertiary/aromatic N) is 1. The summed E-state index contributed by atoms with van der Waals surface area (Å²) in [6.07, 6.45) is 1.11. The summed E-state index contributed by atoms with van der Waals surface area (Å²) in [4.78, 5) is 34.5. The highest BCUT2D eigenvalue weighted by Gasteiger charge is 2.24. The first kappa shape index (κ1) is 18.6. The molecule has 0 radical (unpaired) electrons. The van der Waals surface area contributed by atoms with Crippen LogP contribution in [0.2, 0.25) is 0 Å². The molecular weight excluding hydrogens is 320 g/mol. The van der Waals surface area contributed by atoms with Crippen LogP contribution in [0.1, 0.15) is 22.3 Å². The van der Waals surface area contributed by atoms with E-state index in [1.807, 2.05) is 36.4 Å². The van der Waals surface area contributed by atoms with Gasteiger partial charge in [0.25, 0.3) is 5.91 Å². The predicted molar refractivity (Wildman–Crippen MR) is 93.3 cm³/mol. The van der Waals surface area contributed by atoms with Gasteiger partial charge in [-0.2, -0.15) is 0 Å². The van der Waals surface area contributed by atoms with Gasteiger partial charge in [-0.15, -0.1) is 5.48 Å². The molecule has 2 rings (SSSR count). The molecule has 25 heavy (non-hydrogen) atoms. The van der Waals surface area contributed by atoms with E-state index in [-0.39, 0.29) is 5.91 Å². The lowest BCUT2D eigenvalue weighted by Gasteiger charge is -2.22. The lowest BCUT2D eigenvalue weighted by molar-refractivity contribution is -0.173. The van der Waals surface area contributed by atoms with Crippen molar-refractivity contribution in [2.24, 2.45) is 0 Å². The molecule has 0 aliphatic carbocycles. The summed E-state index contributed by atoms with van der Waals surface area (Å²) in [6, 6.07) is 17.7. The van der Waals surface area contributed by atoms with Crippen LogP contribution < -0.4 is 5.48 Å². The molecule has 0 aliphatic heterocycles. The van der Waals surface area contributed by atoms with Crippen LogP contribution >= 0.6 is 0 Å². The van der Waals surface area contributed by atoms with E-state index in [2.05, 4.69) is 5.48 Å². The number of hydrogen-bond donors (Lipinski definition) is 1. The first-order valence-corrected chi connectivity index (χ1v) is 7.99. The Morgan fingerprint density at radius 2 is 1.64 bits per heavy atom. The number of hydrogen-bond acceptors (Lipinski definition) is 5. The molecule has 6 heteroatoms. The van der Waals surface area contributed by atoms with Gasteiger partial charge in [0.15, 0.2) is 0 Å². The maximum atomic E-state index is 12.4. The van der Waals surface area contributed by atoms with Crippen molar-refractivity contribution in [1.29, 1.82) is 0 Å². The average Bonchev–Trinajstić information content (AvgIpc) is 2.68. The number of nitrogens with one attached hydrogen (secondary N) is 1. The van der Waals surface area contributed by atoms with E-state index in [0.717, 1.165) is 10.6 Å². The van der Waals surface area contributed by atoms with Crippen LogP contribution in [0.15, 0.2) is 60.7 Å². The summed E-state index contributed by atoms with van der Waals surface area (Å²) >= 11 is 0. The molecule has 2 aromatic carbocycles. The molecule has 2 aromatic rings. The lowest BCUT2D eigenvalue weighted by atomic mass is 10.1. The normalized spacial score (nSPS) is 11.6. The van der Waals surface area contributed by atoms with Crippen LogP contribution in [0.25, 0.3) is 0 Å². The van der Waals surface area contributed by atoms with Gasteiger partial charge in [0, 0.05) is 7.05 Å². The second-order valence-corrected chi connectivity index (χ2v) is 5.47. The van der Waals surface area contributed by atoms with Gasteiger partial charge in [-0.3, -0.25) is 9.63 Å². The minimum absolute atomic E-state index is 0.320. The number of amides is 1. The lowest BCUT2D eigenvalue weighted by Crippen LogP contribution is -2.45. The maximum absolute atomic E-state index is 12.4. The number of hydroxylamine groups is 3. The average molecular weight is 342 g/mol. The van der Waals surface area contributed by atoms with Crippen LogP contribution in [-0.4, -0.2) is 37.1 Å². The number of carbonyl (C=O) groups excluding carboxylic acids is 2. The molecule has 1 N–H and O–H groups in total. The molecule has 0 aromatic heterocycles. The highest BCUT2D eigenvalue weighted by Crippen LogP contribution is 2.08. The van der Waals surface area contributed by atoms with Crippen molar-refractivity contribution in [3.63, 3.8) is 0 Å². The summed E-state index contributed by atoms with van der Waals surface area (Å²) in [5.41, 5.74) is 4.08. The zero-order valence-corrected chi connectivity index (χ0v) is 14.3. The van der Waals surface area contributed by atoms with Gasteiger partial charge in [-0.05, 0) is 30.5 Å². The van der Waals surface area contributed by atoms with Crippen LogP contribution in [0.4, 0.5) is 0 Å². The first-order chi connectivity index (χ1) is 12.1. The second-order valence-electron chi connectivity index (χ2n) is 5.47. The maximum Gasteiger partial charge on any atom is 0.356 e. The molecule has 6 nitrogen and oxygen atoms in total. The third-order valence-corrected chi connectivity index (χ3v) is 3.75. The van der Waals surface area contributed by atoms with Crippen LogP contribution in [0.5, 0.6) is 0 Å². The monoisotopic (exact) mass is 342 g/mol. The Kier molecular flexibility index (Phi) is 7.13. The molecule has 1 unspecified atom stereocenters. The number of benzene rings is 2. The van der Waals surface area contributed by atoms with Crippen molar-refractivity contribution in [3.8, 4) is 0 Å². The number of aryl methyl sites for hydroxylation is 1. The van der Waals surface area contributed by atoms with Gasteiger partial charge >= 0.3 is 5.97 Å². The summed E-state index contributed by atoms with van der Waals surface area (Å²) in [7, 11) is 2.92. The zero-order chi connectivity index (χ0) is 18.1. The van der Waals surface area contributed by atoms with Crippen LogP contribution in [-0.2, 0) is 20.9 Å². The van der Waals surface area contributed by atoms with Crippen LogP contribution in [0, 0.1) is 0 Å². The van der Waals surface area contributed by atoms with E-state index in [4.69, 9.17) is 9.68 Å². The Labute approximate surface area is 147 Å². The molecule has 0 saturated carbocycles. The standard InChI is InChI=1S/C19H22N2O4/c1-21(24-2)18(22)17(14-13-15-9-5-3-6-10-15)20-25-19(23)16-11-7-4-8-12-16/h3-12,17,20H,13-14H2,1-2H3. The van der Waals surface area contributed by atoms with Gasteiger partial charge in [0.1, 0.15) is 6.04 Å². The van der Waals surface area contributed by atoms with Crippen molar-refractivity contribution in [2.75, 3.05) is 14.2 Å². The fourth-order valence-electron chi connectivity index (χ4n) is 2.26. The Balaban J connectivity index is 1.98. The van der Waals surface area contributed by atoms with Crippen molar-refractivity contribution < 1.29 is 19.3 Å². The van der Waals surface area contributed by atoms with Crippen molar-refractivity contribution in [3.05, 3.63) is 71.8 Å². The van der Waals surface area contributed by atoms with E-state index in [1.54, 1.807) is 24.3 Å². The van der Waals surface area contributed by atoms with Gasteiger partial charge < -0.3 is 4.84 Å². The highest BCUT2D eigenvalue weighted by atomic mass is 16.7. The van der Waals surface area contributed by atoms with E-state index in [9.17, 15) is 9.59 Å². The smallest absolute Gasteiger partial charge is 0.356 e. The highest BCUT2D eigenvalue weighted by molar-refractivity contribution is 5.89.